The van der Waals surface area contributed by atoms with E-state index >= 15 is 0 Å². The Kier molecular flexibility index (Phi) is 7.05. The lowest BCUT2D eigenvalue weighted by molar-refractivity contribution is -0.137. The molecule has 0 spiro atoms. The molecule has 1 aliphatic rings. The van der Waals surface area contributed by atoms with Gasteiger partial charge in [0, 0.05) is 24.7 Å². The number of hydrogen-bond donors (Lipinski definition) is 1. The highest BCUT2D eigenvalue weighted by Crippen LogP contribution is 2.31. The fraction of sp³-hybridized carbons (Fsp3) is 0.350. The summed E-state index contributed by atoms with van der Waals surface area (Å²) in [6.45, 7) is 2.46. The smallest absolute Gasteiger partial charge is 0.379 e. The first kappa shape index (κ1) is 21.9. The van der Waals surface area contributed by atoms with Crippen molar-refractivity contribution in [3.63, 3.8) is 0 Å². The molecule has 0 bridgehead atoms. The molecule has 29 heavy (non-hydrogen) atoms. The van der Waals surface area contributed by atoms with Gasteiger partial charge in [-0.1, -0.05) is 35.3 Å². The van der Waals surface area contributed by atoms with Crippen LogP contribution in [0.5, 0.6) is 0 Å². The third kappa shape index (κ3) is 5.63. The van der Waals surface area contributed by atoms with Gasteiger partial charge in [-0.2, -0.15) is 13.2 Å². The van der Waals surface area contributed by atoms with Crippen LogP contribution >= 0.6 is 23.2 Å². The molecule has 1 unspecified atom stereocenters. The van der Waals surface area contributed by atoms with Crippen molar-refractivity contribution in [2.75, 3.05) is 32.8 Å². The average molecular weight is 447 g/mol. The molecule has 9 heteroatoms. The van der Waals surface area contributed by atoms with E-state index in [1.807, 2.05) is 0 Å². The molecule has 2 aromatic carbocycles. The highest BCUT2D eigenvalue weighted by atomic mass is 35.5. The second-order valence-corrected chi connectivity index (χ2v) is 7.46. The van der Waals surface area contributed by atoms with Crippen molar-refractivity contribution in [3.8, 4) is 0 Å². The minimum atomic E-state index is -4.40. The minimum absolute atomic E-state index is 0.201. The van der Waals surface area contributed by atoms with Gasteiger partial charge < -0.3 is 10.1 Å². The van der Waals surface area contributed by atoms with Crippen LogP contribution in [0.15, 0.2) is 42.5 Å². The number of carbonyl (C=O) groups excluding carboxylic acids is 1. The van der Waals surface area contributed by atoms with Crippen molar-refractivity contribution in [2.45, 2.75) is 12.2 Å². The largest absolute Gasteiger partial charge is 0.416 e. The molecule has 2 aromatic rings. The lowest BCUT2D eigenvalue weighted by Gasteiger charge is -2.35. The fourth-order valence-electron chi connectivity index (χ4n) is 3.20. The number of nitrogens with one attached hydrogen (secondary N) is 1. The van der Waals surface area contributed by atoms with Crippen LogP contribution in [0.25, 0.3) is 0 Å². The number of morpholine rings is 1. The standard InChI is InChI=1S/C20H19Cl2F3N2O2/c21-15-5-6-17(22)16(11-15)19(28)26-12-18(27-7-9-29-10-8-27)13-1-3-14(4-2-13)20(23,24)25/h1-6,11,18H,7-10,12H2,(H,26,28). The van der Waals surface area contributed by atoms with Crippen molar-refractivity contribution in [1.82, 2.24) is 10.2 Å². The molecule has 1 aliphatic heterocycles. The number of ether oxygens (including phenoxy) is 1. The molecule has 1 heterocycles. The molecule has 1 fully saturated rings. The van der Waals surface area contributed by atoms with E-state index in [1.54, 1.807) is 6.07 Å². The van der Waals surface area contributed by atoms with Crippen LogP contribution < -0.4 is 5.32 Å². The molecular formula is C20H19Cl2F3N2O2. The zero-order valence-corrected chi connectivity index (χ0v) is 16.8. The van der Waals surface area contributed by atoms with E-state index in [1.165, 1.54) is 24.3 Å². The van der Waals surface area contributed by atoms with Crippen LogP contribution in [0.3, 0.4) is 0 Å². The summed E-state index contributed by atoms with van der Waals surface area (Å²) in [7, 11) is 0. The number of amides is 1. The van der Waals surface area contributed by atoms with E-state index in [0.29, 0.717) is 36.9 Å². The van der Waals surface area contributed by atoms with Gasteiger partial charge in [0.15, 0.2) is 0 Å². The number of rotatable bonds is 5. The van der Waals surface area contributed by atoms with Crippen LogP contribution in [0.1, 0.15) is 27.5 Å². The predicted molar refractivity (Wildman–Crippen MR) is 105 cm³/mol. The summed E-state index contributed by atoms with van der Waals surface area (Å²) in [5, 5.41) is 3.47. The quantitative estimate of drug-likeness (QED) is 0.715. The zero-order chi connectivity index (χ0) is 21.0. The van der Waals surface area contributed by atoms with E-state index < -0.39 is 17.6 Å². The Bertz CT molecular complexity index is 854. The molecule has 0 aliphatic carbocycles. The Morgan fingerprint density at radius 1 is 1.10 bits per heavy atom. The van der Waals surface area contributed by atoms with Crippen molar-refractivity contribution in [2.24, 2.45) is 0 Å². The Morgan fingerprint density at radius 2 is 1.76 bits per heavy atom. The van der Waals surface area contributed by atoms with Crippen LogP contribution in [-0.4, -0.2) is 43.7 Å². The van der Waals surface area contributed by atoms with Crippen LogP contribution in [0, 0.1) is 0 Å². The zero-order valence-electron chi connectivity index (χ0n) is 15.3. The Morgan fingerprint density at radius 3 is 2.38 bits per heavy atom. The summed E-state index contributed by atoms with van der Waals surface area (Å²) in [4.78, 5) is 14.7. The topological polar surface area (TPSA) is 41.6 Å². The molecule has 1 amide bonds. The first-order chi connectivity index (χ1) is 13.8. The molecule has 0 radical (unpaired) electrons. The van der Waals surface area contributed by atoms with Crippen LogP contribution in [0.2, 0.25) is 10.0 Å². The van der Waals surface area contributed by atoms with E-state index in [9.17, 15) is 18.0 Å². The Hall–Kier alpha value is -1.80. The number of alkyl halides is 3. The number of carbonyl (C=O) groups is 1. The molecular weight excluding hydrogens is 428 g/mol. The molecule has 4 nitrogen and oxygen atoms in total. The van der Waals surface area contributed by atoms with Crippen LogP contribution in [-0.2, 0) is 10.9 Å². The van der Waals surface area contributed by atoms with Crippen molar-refractivity contribution < 1.29 is 22.7 Å². The molecule has 1 atom stereocenters. The summed E-state index contributed by atoms with van der Waals surface area (Å²) in [5.41, 5.74) is 0.210. The van der Waals surface area contributed by atoms with E-state index in [4.69, 9.17) is 27.9 Å². The molecule has 0 saturated carbocycles. The normalized spacial score (nSPS) is 16.4. The minimum Gasteiger partial charge on any atom is -0.379 e. The van der Waals surface area contributed by atoms with Gasteiger partial charge in [0.2, 0.25) is 0 Å². The summed E-state index contributed by atoms with van der Waals surface area (Å²) >= 11 is 12.0. The molecule has 1 saturated heterocycles. The number of halogens is 5. The SMILES string of the molecule is O=C(NCC(c1ccc(C(F)(F)F)cc1)N1CCOCC1)c1cc(Cl)ccc1Cl. The molecule has 3 rings (SSSR count). The third-order valence-electron chi connectivity index (χ3n) is 4.74. The second-order valence-electron chi connectivity index (χ2n) is 6.62. The van der Waals surface area contributed by atoms with E-state index in [0.717, 1.165) is 12.1 Å². The van der Waals surface area contributed by atoms with Crippen molar-refractivity contribution in [3.05, 3.63) is 69.2 Å². The summed E-state index contributed by atoms with van der Waals surface area (Å²) in [6.07, 6.45) is -4.40. The molecule has 1 N–H and O–H groups in total. The second kappa shape index (κ2) is 9.34. The fourth-order valence-corrected chi connectivity index (χ4v) is 3.57. The summed E-state index contributed by atoms with van der Waals surface area (Å²) < 4.78 is 44.0. The van der Waals surface area contributed by atoms with Gasteiger partial charge in [0.1, 0.15) is 0 Å². The lowest BCUT2D eigenvalue weighted by Crippen LogP contribution is -2.43. The average Bonchev–Trinajstić information content (AvgIpc) is 2.70. The van der Waals surface area contributed by atoms with Gasteiger partial charge in [-0.15, -0.1) is 0 Å². The first-order valence-electron chi connectivity index (χ1n) is 8.98. The van der Waals surface area contributed by atoms with E-state index in [2.05, 4.69) is 10.2 Å². The highest BCUT2D eigenvalue weighted by molar-refractivity contribution is 6.35. The summed E-state index contributed by atoms with van der Waals surface area (Å²) in [5.74, 6) is -0.400. The first-order valence-corrected chi connectivity index (χ1v) is 9.73. The van der Waals surface area contributed by atoms with Gasteiger partial charge in [-0.05, 0) is 35.9 Å². The Labute approximate surface area is 176 Å². The van der Waals surface area contributed by atoms with Gasteiger partial charge in [-0.25, -0.2) is 0 Å². The maximum absolute atomic E-state index is 12.9. The number of nitrogens with zero attached hydrogens (tertiary/aromatic N) is 1. The van der Waals surface area contributed by atoms with Gasteiger partial charge in [0.25, 0.3) is 5.91 Å². The molecule has 0 aromatic heterocycles. The number of hydrogen-bond acceptors (Lipinski definition) is 3. The van der Waals surface area contributed by atoms with E-state index in [-0.39, 0.29) is 23.2 Å². The molecule has 156 valence electrons. The number of benzene rings is 2. The van der Waals surface area contributed by atoms with Gasteiger partial charge in [0.05, 0.1) is 35.4 Å². The maximum Gasteiger partial charge on any atom is 0.416 e. The third-order valence-corrected chi connectivity index (χ3v) is 5.30. The highest BCUT2D eigenvalue weighted by Gasteiger charge is 2.31. The van der Waals surface area contributed by atoms with Crippen LogP contribution in [0.4, 0.5) is 13.2 Å². The summed E-state index contributed by atoms with van der Waals surface area (Å²) in [6, 6.07) is 9.29. The van der Waals surface area contributed by atoms with Crippen molar-refractivity contribution >= 4 is 29.1 Å². The monoisotopic (exact) mass is 446 g/mol. The predicted octanol–water partition coefficient (Wildman–Crippen LogP) is 4.82. The lowest BCUT2D eigenvalue weighted by atomic mass is 10.0. The maximum atomic E-state index is 12.9. The Balaban J connectivity index is 1.79. The van der Waals surface area contributed by atoms with Crippen molar-refractivity contribution in [1.29, 1.82) is 0 Å². The van der Waals surface area contributed by atoms with Gasteiger partial charge >= 0.3 is 6.18 Å². The van der Waals surface area contributed by atoms with Gasteiger partial charge in [-0.3, -0.25) is 9.69 Å².